The van der Waals surface area contributed by atoms with Gasteiger partial charge in [-0.1, -0.05) is 18.1 Å². The molecule has 0 aliphatic carbocycles. The number of anilines is 2. The SMILES string of the molecule is CC#CC(=O)N1CCC(c2c(COC)c(-c3cc4cc(C)cc(OC)c4s3)c3c(N)ncnn23)C1.COCc1c(-c2cc3cc(C)cc(OC)c3s2)c2c(N)ncnn2c1C1CCNC1.[CH3-].[W]. The number of amides is 1. The number of benzene rings is 2. The maximum atomic E-state index is 12.4. The van der Waals surface area contributed by atoms with Gasteiger partial charge in [-0.2, -0.15) is 10.2 Å². The molecule has 67 heavy (non-hydrogen) atoms. The molecule has 8 aromatic rings. The van der Waals surface area contributed by atoms with Crippen LogP contribution in [0, 0.1) is 33.1 Å². The van der Waals surface area contributed by atoms with Gasteiger partial charge >= 0.3 is 0 Å². The van der Waals surface area contributed by atoms with Crippen molar-refractivity contribution in [3.05, 3.63) is 90.1 Å². The summed E-state index contributed by atoms with van der Waals surface area (Å²) in [7, 11) is 6.82. The van der Waals surface area contributed by atoms with Gasteiger partial charge in [-0.15, -0.1) is 22.7 Å². The van der Waals surface area contributed by atoms with E-state index in [-0.39, 0.29) is 40.3 Å². The molecular formula is C49H55N10O5S2W-. The second-order valence-electron chi connectivity index (χ2n) is 16.4. The van der Waals surface area contributed by atoms with Crippen LogP contribution in [0.3, 0.4) is 0 Å². The number of hydrogen-bond donors (Lipinski definition) is 3. The van der Waals surface area contributed by atoms with Crippen LogP contribution in [0.1, 0.15) is 65.2 Å². The van der Waals surface area contributed by atoms with Crippen LogP contribution in [-0.2, 0) is 48.5 Å². The number of nitrogens with one attached hydrogen (secondary N) is 1. The molecule has 1 amide bonds. The number of likely N-dealkylation sites (tertiary alicyclic amines) is 1. The number of hydrogen-bond acceptors (Lipinski definition) is 14. The molecule has 18 heteroatoms. The monoisotopic (exact) mass is 1110 g/mol. The zero-order chi connectivity index (χ0) is 45.5. The topological polar surface area (TPSA) is 182 Å². The average molecular weight is 1110 g/mol. The van der Waals surface area contributed by atoms with Crippen molar-refractivity contribution < 1.29 is 44.8 Å². The summed E-state index contributed by atoms with van der Waals surface area (Å²) >= 11 is 3.36. The number of nitrogens with two attached hydrogens (primary N) is 2. The number of aromatic nitrogens is 6. The number of carbonyl (C=O) groups excluding carboxylic acids is 1. The van der Waals surface area contributed by atoms with Gasteiger partial charge in [-0.05, 0) is 92.2 Å². The number of thiophene rings is 2. The molecule has 2 atom stereocenters. The molecule has 0 bridgehead atoms. The molecule has 350 valence electrons. The first-order valence-electron chi connectivity index (χ1n) is 21.4. The molecule has 2 saturated heterocycles. The molecule has 2 aliphatic heterocycles. The number of nitrogen functional groups attached to an aromatic ring is 2. The van der Waals surface area contributed by atoms with E-state index in [1.807, 2.05) is 15.1 Å². The van der Waals surface area contributed by atoms with Crippen LogP contribution in [-0.4, -0.2) is 94.6 Å². The summed E-state index contributed by atoms with van der Waals surface area (Å²) in [5.74, 6) is 8.27. The molecule has 5 N–H and O–H groups in total. The Labute approximate surface area is 412 Å². The van der Waals surface area contributed by atoms with Crippen molar-refractivity contribution in [2.75, 3.05) is 66.1 Å². The van der Waals surface area contributed by atoms with Crippen LogP contribution in [0.4, 0.5) is 11.6 Å². The minimum atomic E-state index is -0.148. The third kappa shape index (κ3) is 8.99. The zero-order valence-electron chi connectivity index (χ0n) is 39.0. The van der Waals surface area contributed by atoms with Gasteiger partial charge in [0.2, 0.25) is 0 Å². The van der Waals surface area contributed by atoms with Gasteiger partial charge in [-0.3, -0.25) is 4.79 Å². The molecular weight excluding hydrogens is 1060 g/mol. The fourth-order valence-electron chi connectivity index (χ4n) is 9.64. The Hall–Kier alpha value is -5.60. The third-order valence-electron chi connectivity index (χ3n) is 12.3. The van der Waals surface area contributed by atoms with Crippen LogP contribution >= 0.6 is 22.7 Å². The van der Waals surface area contributed by atoms with Gasteiger partial charge in [0.25, 0.3) is 5.91 Å². The van der Waals surface area contributed by atoms with Crippen molar-refractivity contribution >= 4 is 71.4 Å². The number of nitrogens with zero attached hydrogens (tertiary/aromatic N) is 7. The van der Waals surface area contributed by atoms with E-state index in [0.29, 0.717) is 43.9 Å². The van der Waals surface area contributed by atoms with Gasteiger partial charge in [-0.25, -0.2) is 19.0 Å². The van der Waals surface area contributed by atoms with Crippen LogP contribution in [0.15, 0.2) is 49.1 Å². The van der Waals surface area contributed by atoms with Gasteiger partial charge < -0.3 is 48.1 Å². The Morgan fingerprint density at radius 2 is 1.28 bits per heavy atom. The van der Waals surface area contributed by atoms with Gasteiger partial charge in [0, 0.05) is 98.8 Å². The summed E-state index contributed by atoms with van der Waals surface area (Å²) in [6.07, 6.45) is 4.88. The normalized spacial score (nSPS) is 15.6. The second kappa shape index (κ2) is 20.7. The summed E-state index contributed by atoms with van der Waals surface area (Å²) in [5.41, 5.74) is 23.1. The van der Waals surface area contributed by atoms with Crippen molar-refractivity contribution in [3.63, 3.8) is 0 Å². The Morgan fingerprint density at radius 3 is 1.73 bits per heavy atom. The third-order valence-corrected chi connectivity index (χ3v) is 14.7. The molecule has 8 heterocycles. The largest absolute Gasteiger partial charge is 0.495 e. The first kappa shape index (κ1) is 49.3. The summed E-state index contributed by atoms with van der Waals surface area (Å²) < 4.78 is 28.7. The van der Waals surface area contributed by atoms with E-state index in [9.17, 15) is 4.79 Å². The Balaban J connectivity index is 0.000000195. The Kier molecular flexibility index (Phi) is 15.3. The van der Waals surface area contributed by atoms with Crippen LogP contribution in [0.5, 0.6) is 11.5 Å². The first-order valence-corrected chi connectivity index (χ1v) is 23.1. The minimum absolute atomic E-state index is 0. The minimum Gasteiger partial charge on any atom is -0.495 e. The van der Waals surface area contributed by atoms with Crippen molar-refractivity contribution in [2.45, 2.75) is 58.7 Å². The van der Waals surface area contributed by atoms with E-state index >= 15 is 0 Å². The van der Waals surface area contributed by atoms with E-state index in [0.717, 1.165) is 112 Å². The van der Waals surface area contributed by atoms with E-state index in [2.05, 4.69) is 81.5 Å². The summed E-state index contributed by atoms with van der Waals surface area (Å²) in [5, 5.41) is 14.9. The molecule has 0 radical (unpaired) electrons. The van der Waals surface area contributed by atoms with E-state index in [1.54, 1.807) is 62.9 Å². The predicted molar refractivity (Wildman–Crippen MR) is 264 cm³/mol. The fourth-order valence-corrected chi connectivity index (χ4v) is 12.0. The van der Waals surface area contributed by atoms with E-state index in [1.165, 1.54) is 23.9 Å². The molecule has 6 aromatic heterocycles. The standard InChI is InChI=1S/C26H27N5O3S.C22H25N5O2S.CH3.W/c1-5-6-21(32)30-8-7-16(12-30)23-18(13-33-3)22(24-26(27)28-14-29-31(23)24)20-11-17-9-15(2)10-19(34-4)25(17)35-20;1-12-6-14-8-17(30-21(14)16(7-12)29-3)18-15(10-28-2)19(13-4-5-24-9-13)27-20(18)22(23)25-11-26-27;;/h9-11,14,16H,7-8,12-13H2,1-4H3,(H2,27,28,29);6-8,11,13,24H,4-5,9-10H2,1-3H3,(H2,23,25,26);1H3;/q;;-1;. The van der Waals surface area contributed by atoms with Gasteiger partial charge in [0.1, 0.15) is 35.2 Å². The predicted octanol–water partition coefficient (Wildman–Crippen LogP) is 8.18. The molecule has 2 aromatic carbocycles. The van der Waals surface area contributed by atoms with Crippen molar-refractivity contribution in [2.24, 2.45) is 0 Å². The number of methoxy groups -OCH3 is 4. The van der Waals surface area contributed by atoms with Crippen molar-refractivity contribution in [1.82, 2.24) is 39.4 Å². The molecule has 2 aliphatic rings. The van der Waals surface area contributed by atoms with Crippen molar-refractivity contribution in [3.8, 4) is 44.2 Å². The van der Waals surface area contributed by atoms with Crippen molar-refractivity contribution in [1.29, 1.82) is 0 Å². The molecule has 0 spiro atoms. The first-order chi connectivity index (χ1) is 31.6. The zero-order valence-corrected chi connectivity index (χ0v) is 43.5. The molecule has 15 nitrogen and oxygen atoms in total. The van der Waals surface area contributed by atoms with Crippen LogP contribution in [0.2, 0.25) is 0 Å². The van der Waals surface area contributed by atoms with Crippen LogP contribution < -0.4 is 26.3 Å². The summed E-state index contributed by atoms with van der Waals surface area (Å²) in [4.78, 5) is 25.0. The molecule has 2 unspecified atom stereocenters. The number of ether oxygens (including phenoxy) is 4. The Morgan fingerprint density at radius 1 is 0.776 bits per heavy atom. The maximum Gasteiger partial charge on any atom is 0.298 e. The number of aryl methyl sites for hydroxylation is 2. The maximum absolute atomic E-state index is 12.4. The molecule has 2 fully saturated rings. The van der Waals surface area contributed by atoms with Crippen LogP contribution in [0.25, 0.3) is 52.1 Å². The summed E-state index contributed by atoms with van der Waals surface area (Å²) in [6, 6.07) is 12.8. The molecule has 0 saturated carbocycles. The molecule has 10 rings (SSSR count). The average Bonchev–Trinajstić information content (AvgIpc) is 4.15. The fraction of sp³-hybridized carbons (Fsp3) is 0.347. The number of fused-ring (bicyclic) bond motifs is 4. The van der Waals surface area contributed by atoms with Gasteiger partial charge in [0.05, 0.1) is 48.2 Å². The van der Waals surface area contributed by atoms with Gasteiger partial charge in [0.15, 0.2) is 11.6 Å². The number of rotatable bonds is 10. The Bertz CT molecular complexity index is 3180. The number of carbonyl (C=O) groups is 1. The quantitative estimate of drug-likeness (QED) is 0.0884. The van der Waals surface area contributed by atoms with E-state index in [4.69, 9.17) is 30.4 Å². The second-order valence-corrected chi connectivity index (χ2v) is 18.6. The summed E-state index contributed by atoms with van der Waals surface area (Å²) in [6.45, 7) is 9.84. The van der Waals surface area contributed by atoms with E-state index < -0.39 is 0 Å². The smallest absolute Gasteiger partial charge is 0.298 e.